The van der Waals surface area contributed by atoms with Crippen molar-refractivity contribution in [1.82, 2.24) is 14.8 Å². The number of carbonyl (C=O) groups excluding carboxylic acids is 1. The molecule has 1 saturated carbocycles. The minimum absolute atomic E-state index is 0.165. The normalized spacial score (nSPS) is 18.0. The van der Waals surface area contributed by atoms with Gasteiger partial charge in [-0.1, -0.05) is 49.2 Å². The number of fused-ring (bicyclic) bond motifs is 1. The van der Waals surface area contributed by atoms with Gasteiger partial charge in [-0.3, -0.25) is 4.79 Å². The number of rotatable bonds is 4. The number of hydrogen-bond donors (Lipinski definition) is 0. The van der Waals surface area contributed by atoms with Crippen LogP contribution in [-0.2, 0) is 11.2 Å². The molecule has 1 aliphatic carbocycles. The Kier molecular flexibility index (Phi) is 5.29. The molecule has 4 rings (SSSR count). The van der Waals surface area contributed by atoms with Crippen LogP contribution in [0.25, 0.3) is 0 Å². The fraction of sp³-hybridized carbons (Fsp3) is 0.550. The third-order valence-corrected chi connectivity index (χ3v) is 6.44. The van der Waals surface area contributed by atoms with E-state index in [1.807, 2.05) is 17.9 Å². The molecule has 26 heavy (non-hydrogen) atoms. The topological polar surface area (TPSA) is 51.0 Å². The van der Waals surface area contributed by atoms with Crippen LogP contribution in [0.2, 0.25) is 0 Å². The van der Waals surface area contributed by atoms with Gasteiger partial charge in [0.25, 0.3) is 0 Å². The highest BCUT2D eigenvalue weighted by atomic mass is 32.2. The lowest BCUT2D eigenvalue weighted by Crippen LogP contribution is -2.36. The first-order chi connectivity index (χ1) is 12.7. The molecule has 0 N–H and O–H groups in total. The smallest absolute Gasteiger partial charge is 0.237 e. The Morgan fingerprint density at radius 2 is 1.96 bits per heavy atom. The summed E-state index contributed by atoms with van der Waals surface area (Å²) in [6, 6.07) is 8.75. The molecule has 1 fully saturated rings. The number of thioether (sulfide) groups is 1. The maximum Gasteiger partial charge on any atom is 0.237 e. The first kappa shape index (κ1) is 17.6. The summed E-state index contributed by atoms with van der Waals surface area (Å²) in [4.78, 5) is 14.8. The number of aromatic nitrogens is 3. The molecule has 1 amide bonds. The van der Waals surface area contributed by atoms with E-state index in [0.29, 0.717) is 11.8 Å². The molecule has 2 aromatic rings. The largest absolute Gasteiger partial charge is 0.311 e. The second-order valence-electron chi connectivity index (χ2n) is 7.26. The van der Waals surface area contributed by atoms with Crippen molar-refractivity contribution >= 4 is 23.4 Å². The van der Waals surface area contributed by atoms with Crippen LogP contribution in [0.3, 0.4) is 0 Å². The zero-order valence-electron chi connectivity index (χ0n) is 15.4. The van der Waals surface area contributed by atoms with Crippen molar-refractivity contribution in [1.29, 1.82) is 0 Å². The summed E-state index contributed by atoms with van der Waals surface area (Å²) in [6.07, 6.45) is 8.35. The minimum Gasteiger partial charge on any atom is -0.311 e. The molecule has 138 valence electrons. The Hall–Kier alpha value is -1.82. The Bertz CT molecular complexity index is 782. The highest BCUT2D eigenvalue weighted by molar-refractivity contribution is 7.99. The van der Waals surface area contributed by atoms with Crippen molar-refractivity contribution in [3.05, 3.63) is 35.7 Å². The summed E-state index contributed by atoms with van der Waals surface area (Å²) in [7, 11) is 0. The van der Waals surface area contributed by atoms with E-state index >= 15 is 0 Å². The van der Waals surface area contributed by atoms with Crippen LogP contribution in [-0.4, -0.2) is 33.0 Å². The Morgan fingerprint density at radius 1 is 1.15 bits per heavy atom. The standard InChI is InChI=1S/C20H26N4OS/c1-15-21-22-20(24(15)17-10-3-2-4-11-17)26-14-19(25)23-13-7-9-16-8-5-6-12-18(16)23/h5-6,8,12,17H,2-4,7,9-11,13-14H2,1H3. The zero-order chi connectivity index (χ0) is 17.9. The molecule has 0 bridgehead atoms. The van der Waals surface area contributed by atoms with Crippen molar-refractivity contribution in [2.75, 3.05) is 17.2 Å². The third kappa shape index (κ3) is 3.52. The Morgan fingerprint density at radius 3 is 2.81 bits per heavy atom. The molecule has 1 aliphatic heterocycles. The van der Waals surface area contributed by atoms with Gasteiger partial charge in [-0.2, -0.15) is 0 Å². The van der Waals surface area contributed by atoms with Gasteiger partial charge in [-0.25, -0.2) is 0 Å². The van der Waals surface area contributed by atoms with Crippen LogP contribution in [0.1, 0.15) is 56.0 Å². The molecular weight excluding hydrogens is 344 g/mol. The quantitative estimate of drug-likeness (QED) is 0.758. The summed E-state index contributed by atoms with van der Waals surface area (Å²) in [5.41, 5.74) is 2.35. The van der Waals surface area contributed by atoms with Crippen molar-refractivity contribution in [2.45, 2.75) is 63.1 Å². The van der Waals surface area contributed by atoms with Crippen molar-refractivity contribution in [2.24, 2.45) is 0 Å². The predicted molar refractivity (Wildman–Crippen MR) is 105 cm³/mol. The SMILES string of the molecule is Cc1nnc(SCC(=O)N2CCCc3ccccc32)n1C1CCCCC1. The number of aryl methyl sites for hydroxylation is 2. The molecule has 0 spiro atoms. The number of amides is 1. The van der Waals surface area contributed by atoms with Gasteiger partial charge in [0.2, 0.25) is 5.91 Å². The van der Waals surface area contributed by atoms with Gasteiger partial charge < -0.3 is 9.47 Å². The monoisotopic (exact) mass is 370 g/mol. The van der Waals surface area contributed by atoms with E-state index in [2.05, 4.69) is 33.0 Å². The number of carbonyl (C=O) groups is 1. The van der Waals surface area contributed by atoms with Crippen LogP contribution in [0.15, 0.2) is 29.4 Å². The van der Waals surface area contributed by atoms with E-state index in [1.165, 1.54) is 49.4 Å². The van der Waals surface area contributed by atoms with E-state index in [4.69, 9.17) is 0 Å². The van der Waals surface area contributed by atoms with Gasteiger partial charge >= 0.3 is 0 Å². The van der Waals surface area contributed by atoms with Crippen LogP contribution in [0.4, 0.5) is 5.69 Å². The lowest BCUT2D eigenvalue weighted by molar-refractivity contribution is -0.116. The van der Waals surface area contributed by atoms with Crippen molar-refractivity contribution < 1.29 is 4.79 Å². The minimum atomic E-state index is 0.165. The van der Waals surface area contributed by atoms with Gasteiger partial charge in [0, 0.05) is 18.3 Å². The molecule has 0 atom stereocenters. The Balaban J connectivity index is 1.46. The average Bonchev–Trinajstić information content (AvgIpc) is 3.06. The van der Waals surface area contributed by atoms with Crippen molar-refractivity contribution in [3.8, 4) is 0 Å². The molecule has 5 nitrogen and oxygen atoms in total. The van der Waals surface area contributed by atoms with E-state index in [-0.39, 0.29) is 5.91 Å². The molecular formula is C20H26N4OS. The highest BCUT2D eigenvalue weighted by Gasteiger charge is 2.25. The van der Waals surface area contributed by atoms with E-state index in [0.717, 1.165) is 36.1 Å². The highest BCUT2D eigenvalue weighted by Crippen LogP contribution is 2.33. The molecule has 1 aromatic carbocycles. The zero-order valence-corrected chi connectivity index (χ0v) is 16.2. The van der Waals surface area contributed by atoms with Gasteiger partial charge in [0.1, 0.15) is 5.82 Å². The number of para-hydroxylation sites is 1. The van der Waals surface area contributed by atoms with Gasteiger partial charge in [-0.15, -0.1) is 10.2 Å². The summed E-state index contributed by atoms with van der Waals surface area (Å²) in [5.74, 6) is 1.55. The molecule has 0 saturated heterocycles. The summed E-state index contributed by atoms with van der Waals surface area (Å²) >= 11 is 1.54. The van der Waals surface area contributed by atoms with Gasteiger partial charge in [-0.05, 0) is 44.2 Å². The summed E-state index contributed by atoms with van der Waals surface area (Å²) < 4.78 is 2.27. The maximum atomic E-state index is 12.9. The predicted octanol–water partition coefficient (Wildman–Crippen LogP) is 4.16. The molecule has 2 heterocycles. The molecule has 1 aromatic heterocycles. The molecule has 2 aliphatic rings. The van der Waals surface area contributed by atoms with Crippen LogP contribution in [0, 0.1) is 6.92 Å². The van der Waals surface area contributed by atoms with Gasteiger partial charge in [0.05, 0.1) is 5.75 Å². The fourth-order valence-corrected chi connectivity index (χ4v) is 5.13. The van der Waals surface area contributed by atoms with Gasteiger partial charge in [0.15, 0.2) is 5.16 Å². The van der Waals surface area contributed by atoms with E-state index in [1.54, 1.807) is 0 Å². The first-order valence-electron chi connectivity index (χ1n) is 9.66. The summed E-state index contributed by atoms with van der Waals surface area (Å²) in [5, 5.41) is 9.54. The molecule has 0 unspecified atom stereocenters. The van der Waals surface area contributed by atoms with Crippen LogP contribution >= 0.6 is 11.8 Å². The number of benzene rings is 1. The maximum absolute atomic E-state index is 12.9. The number of nitrogens with zero attached hydrogens (tertiary/aromatic N) is 4. The van der Waals surface area contributed by atoms with Crippen LogP contribution in [0.5, 0.6) is 0 Å². The summed E-state index contributed by atoms with van der Waals surface area (Å²) in [6.45, 7) is 2.83. The van der Waals surface area contributed by atoms with Crippen LogP contribution < -0.4 is 4.90 Å². The second-order valence-corrected chi connectivity index (χ2v) is 8.20. The number of hydrogen-bond acceptors (Lipinski definition) is 4. The lowest BCUT2D eigenvalue weighted by atomic mass is 9.95. The molecule has 6 heteroatoms. The fourth-order valence-electron chi connectivity index (χ4n) is 4.20. The lowest BCUT2D eigenvalue weighted by Gasteiger charge is -2.29. The Labute approximate surface area is 159 Å². The second kappa shape index (κ2) is 7.82. The van der Waals surface area contributed by atoms with Crippen molar-refractivity contribution in [3.63, 3.8) is 0 Å². The first-order valence-corrected chi connectivity index (χ1v) is 10.6. The third-order valence-electron chi connectivity index (χ3n) is 5.51. The number of anilines is 1. The average molecular weight is 371 g/mol. The van der Waals surface area contributed by atoms with E-state index in [9.17, 15) is 4.79 Å². The van der Waals surface area contributed by atoms with E-state index < -0.39 is 0 Å². The molecule has 0 radical (unpaired) electrons.